The molecule has 4 aliphatic carbocycles. The van der Waals surface area contributed by atoms with Crippen LogP contribution in [0.2, 0.25) is 0 Å². The molecule has 0 spiro atoms. The number of unbranched alkanes of at least 4 members (excludes halogenated alkanes) is 1. The van der Waals surface area contributed by atoms with Gasteiger partial charge in [-0.25, -0.2) is 0 Å². The van der Waals surface area contributed by atoms with Gasteiger partial charge in [-0.15, -0.1) is 0 Å². The van der Waals surface area contributed by atoms with Gasteiger partial charge in [-0.05, 0) is 129 Å². The summed E-state index contributed by atoms with van der Waals surface area (Å²) in [4.78, 5) is 4.04. The summed E-state index contributed by atoms with van der Waals surface area (Å²) in [5, 5.41) is 0.858. The van der Waals surface area contributed by atoms with E-state index in [4.69, 9.17) is 15.7 Å². The Labute approximate surface area is 504 Å². The molecule has 1 unspecified atom stereocenters. The summed E-state index contributed by atoms with van der Waals surface area (Å²) in [6.07, 6.45) is 37.0. The second kappa shape index (κ2) is 31.8. The number of furan rings is 1. The smallest absolute Gasteiger partial charge is 0.416 e. The molecule has 1 saturated carbocycles. The average Bonchev–Trinajstić information content (AvgIpc) is 1.98. The lowest BCUT2D eigenvalue weighted by molar-refractivity contribution is -0.137. The summed E-state index contributed by atoms with van der Waals surface area (Å²) in [5.41, 5.74) is 8.71. The molecule has 0 amide bonds. The van der Waals surface area contributed by atoms with E-state index in [1.165, 1.54) is 43.0 Å². The van der Waals surface area contributed by atoms with E-state index in [2.05, 4.69) is 84.2 Å². The molecule has 1 aliphatic heterocycles. The molecule has 0 bridgehead atoms. The zero-order valence-corrected chi connectivity index (χ0v) is 51.7. The standard InChI is InChI=1S/C68H72F6N2O2.C4H10.C3H8/c1-9-14-28-55-49(43-75(60-33-20-27-52(42-47(60)8)68(72,73)74)61-34-22-32-57-56(29-15-10-2)63(13-5)78-66(57)61)37-36-46(7)64(55)58(30-16-11-3)59(12-4)76(53-40-38-51(39-41-53)67(69,70)71)62-35-21-31-54-45(6)23-19-26-50(44-77-65(54)62)48-24-17-18-25-48;1-3-4-2;1-3-2/h9-10,12,14-16,19,21-23,26-27,29-30,32-41,43,47-48,54-55H,2,6-7,11,13,17-18,20,24-25,28,31,42,44H2,1,3-5,8H3;3-4H2,1-2H3;3H2,1-2H3/b14-9-,23-19-,29-15-,30-16-,49-43+,50-26+,59-12+,64-58+;;/t47-,54?,55-;;/m1../s1. The number of rotatable bonds is 16. The van der Waals surface area contributed by atoms with E-state index in [-0.39, 0.29) is 18.8 Å². The maximum absolute atomic E-state index is 14.5. The summed E-state index contributed by atoms with van der Waals surface area (Å²) in [6, 6.07) is 11.2. The number of allylic oxidation sites excluding steroid dienone is 22. The van der Waals surface area contributed by atoms with E-state index in [9.17, 15) is 26.3 Å². The zero-order chi connectivity index (χ0) is 61.8. The van der Waals surface area contributed by atoms with Crippen molar-refractivity contribution < 1.29 is 35.5 Å². The zero-order valence-electron chi connectivity index (χ0n) is 51.7. The van der Waals surface area contributed by atoms with Crippen molar-refractivity contribution >= 4 is 28.4 Å². The van der Waals surface area contributed by atoms with Gasteiger partial charge in [0.1, 0.15) is 18.1 Å². The number of benzene rings is 2. The predicted molar refractivity (Wildman–Crippen MR) is 346 cm³/mol. The Kier molecular flexibility index (Phi) is 25.0. The molecule has 1 fully saturated rings. The molecule has 0 saturated heterocycles. The van der Waals surface area contributed by atoms with Crippen molar-refractivity contribution in [3.63, 3.8) is 0 Å². The SMILES string of the molecule is C=C/C=C\c1c(CC)oc2c(N(/C=C3\C=CC(=C)/C(=C(/C=C\CC)C(=C/C)\N(C4=C5OC/C(C6CCCC6)=C\C=C/C(=C)C5CC=C4)c4ccc(C(F)(F)F)cc4)[C@@H]3C/C=C\C)C3=CCC=C(C(F)(F)F)C[C@H]3C)cccc12.CCC.CCCC. The van der Waals surface area contributed by atoms with E-state index >= 15 is 0 Å². The maximum Gasteiger partial charge on any atom is 0.416 e. The van der Waals surface area contributed by atoms with Gasteiger partial charge in [0.15, 0.2) is 5.58 Å². The van der Waals surface area contributed by atoms with Crippen LogP contribution in [0.3, 0.4) is 0 Å². The van der Waals surface area contributed by atoms with E-state index in [1.54, 1.807) is 6.08 Å². The highest BCUT2D eigenvalue weighted by atomic mass is 19.4. The maximum atomic E-state index is 14.5. The number of hydrogen-bond donors (Lipinski definition) is 0. The predicted octanol–water partition coefficient (Wildman–Crippen LogP) is 23.4. The molecule has 3 atom stereocenters. The molecule has 2 aromatic carbocycles. The number of nitrogens with zero attached hydrogens (tertiary/aromatic N) is 2. The van der Waals surface area contributed by atoms with Crippen molar-refractivity contribution in [1.29, 1.82) is 0 Å². The first kappa shape index (κ1) is 66.9. The largest absolute Gasteiger partial charge is 0.491 e. The molecule has 2 heterocycles. The van der Waals surface area contributed by atoms with Crippen molar-refractivity contribution in [3.05, 3.63) is 244 Å². The third kappa shape index (κ3) is 16.6. The molecule has 10 heteroatoms. The normalized spacial score (nSPS) is 21.9. The number of ether oxygens (including phenoxy) is 1. The number of anilines is 2. The van der Waals surface area contributed by atoms with Crippen LogP contribution in [0.1, 0.15) is 156 Å². The van der Waals surface area contributed by atoms with Crippen LogP contribution in [-0.4, -0.2) is 12.8 Å². The Bertz CT molecular complexity index is 3230. The van der Waals surface area contributed by atoms with Crippen LogP contribution in [0.5, 0.6) is 0 Å². The van der Waals surface area contributed by atoms with Gasteiger partial charge >= 0.3 is 12.4 Å². The third-order valence-electron chi connectivity index (χ3n) is 16.0. The Morgan fingerprint density at radius 3 is 2.19 bits per heavy atom. The van der Waals surface area contributed by atoms with Gasteiger partial charge in [0.25, 0.3) is 0 Å². The molecule has 3 aromatic rings. The van der Waals surface area contributed by atoms with E-state index in [1.807, 2.05) is 117 Å². The van der Waals surface area contributed by atoms with E-state index in [0.29, 0.717) is 78.0 Å². The fraction of sp³-hybridized carbons (Fsp3) is 0.387. The van der Waals surface area contributed by atoms with Gasteiger partial charge in [-0.3, -0.25) is 0 Å². The van der Waals surface area contributed by atoms with Gasteiger partial charge < -0.3 is 19.0 Å². The van der Waals surface area contributed by atoms with Crippen molar-refractivity contribution in [2.24, 2.45) is 23.7 Å². The fourth-order valence-corrected chi connectivity index (χ4v) is 11.5. The van der Waals surface area contributed by atoms with Crippen LogP contribution in [0.25, 0.3) is 17.0 Å². The lowest BCUT2D eigenvalue weighted by Gasteiger charge is -2.37. The number of aryl methyl sites for hydroxylation is 1. The van der Waals surface area contributed by atoms with Crippen LogP contribution >= 0.6 is 0 Å². The van der Waals surface area contributed by atoms with Crippen LogP contribution in [0.4, 0.5) is 37.7 Å². The van der Waals surface area contributed by atoms with E-state index < -0.39 is 35.3 Å². The lowest BCUT2D eigenvalue weighted by atomic mass is 9.76. The monoisotopic (exact) mass is 1160 g/mol. The Morgan fingerprint density at radius 2 is 1.56 bits per heavy atom. The first-order chi connectivity index (χ1) is 40.8. The van der Waals surface area contributed by atoms with Gasteiger partial charge in [-0.2, -0.15) is 26.3 Å². The number of fused-ring (bicyclic) bond motifs is 2. The molecule has 5 aliphatic rings. The number of alkyl halides is 6. The molecule has 85 heavy (non-hydrogen) atoms. The summed E-state index contributed by atoms with van der Waals surface area (Å²) >= 11 is 0. The van der Waals surface area contributed by atoms with Crippen LogP contribution in [-0.2, 0) is 17.3 Å². The van der Waals surface area contributed by atoms with Crippen molar-refractivity contribution in [1.82, 2.24) is 0 Å². The Morgan fingerprint density at radius 1 is 0.847 bits per heavy atom. The molecule has 454 valence electrons. The van der Waals surface area contributed by atoms with Gasteiger partial charge in [0.2, 0.25) is 0 Å². The van der Waals surface area contributed by atoms with Crippen molar-refractivity contribution in [2.45, 2.75) is 158 Å². The Hall–Kier alpha value is -7.20. The van der Waals surface area contributed by atoms with Crippen molar-refractivity contribution in [3.8, 4) is 0 Å². The van der Waals surface area contributed by atoms with Gasteiger partial charge in [-0.1, -0.05) is 210 Å². The fourth-order valence-electron chi connectivity index (χ4n) is 11.5. The topological polar surface area (TPSA) is 28.9 Å². The second-order valence-corrected chi connectivity index (χ2v) is 22.2. The van der Waals surface area contributed by atoms with E-state index in [0.717, 1.165) is 82.4 Å². The first-order valence-electron chi connectivity index (χ1n) is 30.8. The Balaban J connectivity index is 0.00000157. The highest BCUT2D eigenvalue weighted by Crippen LogP contribution is 2.48. The molecule has 1 aromatic heterocycles. The van der Waals surface area contributed by atoms with Crippen LogP contribution < -0.4 is 9.80 Å². The second-order valence-electron chi connectivity index (χ2n) is 22.2. The first-order valence-corrected chi connectivity index (χ1v) is 30.8. The summed E-state index contributed by atoms with van der Waals surface area (Å²) in [7, 11) is 0. The third-order valence-corrected chi connectivity index (χ3v) is 16.0. The molecular formula is C75H90F6N2O2. The molecule has 8 rings (SSSR count). The quantitative estimate of drug-likeness (QED) is 0.0812. The minimum atomic E-state index is -4.56. The van der Waals surface area contributed by atoms with Crippen LogP contribution in [0.15, 0.2) is 232 Å². The highest BCUT2D eigenvalue weighted by Gasteiger charge is 2.38. The van der Waals surface area contributed by atoms with Crippen LogP contribution in [0, 0.1) is 23.7 Å². The molecular weight excluding hydrogens is 1070 g/mol. The van der Waals surface area contributed by atoms with Gasteiger partial charge in [0, 0.05) is 69.6 Å². The summed E-state index contributed by atoms with van der Waals surface area (Å²) < 4.78 is 101. The number of halogens is 6. The lowest BCUT2D eigenvalue weighted by Crippen LogP contribution is -2.29. The molecule has 0 radical (unpaired) electrons. The number of para-hydroxylation sites is 1. The summed E-state index contributed by atoms with van der Waals surface area (Å²) in [5.74, 6) is 0.630. The van der Waals surface area contributed by atoms with Gasteiger partial charge in [0.05, 0.1) is 16.9 Å². The minimum absolute atomic E-state index is 0.0741. The summed E-state index contributed by atoms with van der Waals surface area (Å²) in [6.45, 7) is 31.9. The minimum Gasteiger partial charge on any atom is -0.491 e. The molecule has 0 N–H and O–H groups in total. The highest BCUT2D eigenvalue weighted by molar-refractivity contribution is 5.97. The average molecular weight is 1170 g/mol. The number of hydrogen-bond acceptors (Lipinski definition) is 4. The van der Waals surface area contributed by atoms with Crippen molar-refractivity contribution in [2.75, 3.05) is 16.4 Å². The molecule has 4 nitrogen and oxygen atoms in total.